The summed E-state index contributed by atoms with van der Waals surface area (Å²) in [6.45, 7) is 4.32. The first-order chi connectivity index (χ1) is 10.7. The fraction of sp³-hybridized carbons (Fsp3) is 0.375. The van der Waals surface area contributed by atoms with Crippen LogP contribution >= 0.6 is 11.3 Å². The van der Waals surface area contributed by atoms with Gasteiger partial charge in [0.05, 0.1) is 24.9 Å². The Balaban J connectivity index is 1.56. The lowest BCUT2D eigenvalue weighted by Crippen LogP contribution is -2.48. The molecule has 1 atom stereocenters. The van der Waals surface area contributed by atoms with E-state index < -0.39 is 0 Å². The number of carbonyl (C=O) groups is 1. The van der Waals surface area contributed by atoms with Crippen LogP contribution in [0.1, 0.15) is 11.9 Å². The number of morpholine rings is 1. The second-order valence-electron chi connectivity index (χ2n) is 5.28. The van der Waals surface area contributed by atoms with Crippen molar-refractivity contribution in [3.8, 4) is 11.3 Å². The van der Waals surface area contributed by atoms with Gasteiger partial charge in [-0.25, -0.2) is 9.78 Å². The van der Waals surface area contributed by atoms with Crippen LogP contribution in [0.5, 0.6) is 0 Å². The van der Waals surface area contributed by atoms with Crippen LogP contribution < -0.4 is 5.32 Å². The van der Waals surface area contributed by atoms with Crippen molar-refractivity contribution in [3.05, 3.63) is 40.7 Å². The number of thiazole rings is 1. The molecule has 1 saturated heterocycles. The van der Waals surface area contributed by atoms with Crippen molar-refractivity contribution in [1.29, 1.82) is 0 Å². The zero-order valence-electron chi connectivity index (χ0n) is 12.5. The standard InChI is InChI=1S/C16H19N3O2S/c1-12-10-19(7-8-21-12)16(20)17-9-15-18-14(11-22-15)13-5-3-2-4-6-13/h2-6,11-12H,7-10H2,1H3,(H,17,20)/t12-/m0/s1. The molecule has 2 amide bonds. The van der Waals surface area contributed by atoms with Crippen molar-refractivity contribution in [3.63, 3.8) is 0 Å². The third-order valence-corrected chi connectivity index (χ3v) is 4.39. The molecule has 6 heteroatoms. The van der Waals surface area contributed by atoms with Crippen LogP contribution in [-0.4, -0.2) is 41.7 Å². The highest BCUT2D eigenvalue weighted by Gasteiger charge is 2.21. The minimum atomic E-state index is -0.0494. The van der Waals surface area contributed by atoms with Crippen LogP contribution in [0.3, 0.4) is 0 Å². The lowest BCUT2D eigenvalue weighted by molar-refractivity contribution is -0.00351. The van der Waals surface area contributed by atoms with Gasteiger partial charge in [0.25, 0.3) is 0 Å². The summed E-state index contributed by atoms with van der Waals surface area (Å²) < 4.78 is 5.44. The van der Waals surface area contributed by atoms with Gasteiger partial charge in [-0.2, -0.15) is 0 Å². The third-order valence-electron chi connectivity index (χ3n) is 3.54. The Bertz CT molecular complexity index is 629. The van der Waals surface area contributed by atoms with Crippen molar-refractivity contribution < 1.29 is 9.53 Å². The maximum atomic E-state index is 12.1. The molecule has 0 spiro atoms. The molecule has 1 aliphatic rings. The number of nitrogens with one attached hydrogen (secondary N) is 1. The van der Waals surface area contributed by atoms with E-state index in [1.54, 1.807) is 16.2 Å². The second kappa shape index (κ2) is 6.89. The molecule has 0 aliphatic carbocycles. The maximum Gasteiger partial charge on any atom is 0.317 e. The van der Waals surface area contributed by atoms with Gasteiger partial charge >= 0.3 is 6.03 Å². The summed E-state index contributed by atoms with van der Waals surface area (Å²) in [6, 6.07) is 10.00. The molecule has 1 aliphatic heterocycles. The Morgan fingerprint density at radius 1 is 1.45 bits per heavy atom. The number of benzene rings is 1. The van der Waals surface area contributed by atoms with Crippen LogP contribution in [0.4, 0.5) is 4.79 Å². The molecular weight excluding hydrogens is 298 g/mol. The van der Waals surface area contributed by atoms with Gasteiger partial charge in [-0.3, -0.25) is 0 Å². The Morgan fingerprint density at radius 3 is 3.05 bits per heavy atom. The molecule has 1 fully saturated rings. The monoisotopic (exact) mass is 317 g/mol. The summed E-state index contributed by atoms with van der Waals surface area (Å²) in [5.41, 5.74) is 2.05. The number of nitrogens with zero attached hydrogens (tertiary/aromatic N) is 2. The minimum Gasteiger partial charge on any atom is -0.375 e. The fourth-order valence-electron chi connectivity index (χ4n) is 2.40. The highest BCUT2D eigenvalue weighted by molar-refractivity contribution is 7.09. The summed E-state index contributed by atoms with van der Waals surface area (Å²) in [5, 5.41) is 5.87. The zero-order chi connectivity index (χ0) is 15.4. The molecule has 1 N–H and O–H groups in total. The van der Waals surface area contributed by atoms with Crippen molar-refractivity contribution in [1.82, 2.24) is 15.2 Å². The average Bonchev–Trinajstić information content (AvgIpc) is 3.02. The fourth-order valence-corrected chi connectivity index (χ4v) is 3.14. The van der Waals surface area contributed by atoms with Crippen LogP contribution in [-0.2, 0) is 11.3 Å². The molecule has 116 valence electrons. The largest absolute Gasteiger partial charge is 0.375 e. The van der Waals surface area contributed by atoms with E-state index in [0.717, 1.165) is 16.3 Å². The van der Waals surface area contributed by atoms with Crippen molar-refractivity contribution in [2.75, 3.05) is 19.7 Å². The zero-order valence-corrected chi connectivity index (χ0v) is 13.3. The van der Waals surface area contributed by atoms with E-state index in [0.29, 0.717) is 26.2 Å². The Labute approximate surface area is 133 Å². The van der Waals surface area contributed by atoms with Gasteiger partial charge in [0.15, 0.2) is 0 Å². The molecule has 0 unspecified atom stereocenters. The third kappa shape index (κ3) is 3.64. The molecular formula is C16H19N3O2S. The molecule has 5 nitrogen and oxygen atoms in total. The van der Waals surface area contributed by atoms with Crippen LogP contribution in [0.2, 0.25) is 0 Å². The summed E-state index contributed by atoms with van der Waals surface area (Å²) in [5.74, 6) is 0. The van der Waals surface area contributed by atoms with E-state index in [9.17, 15) is 4.79 Å². The molecule has 0 radical (unpaired) electrons. The maximum absolute atomic E-state index is 12.1. The number of aromatic nitrogens is 1. The lowest BCUT2D eigenvalue weighted by Gasteiger charge is -2.31. The Kier molecular flexibility index (Phi) is 4.70. The number of urea groups is 1. The first kappa shape index (κ1) is 15.0. The number of carbonyl (C=O) groups excluding carboxylic acids is 1. The van der Waals surface area contributed by atoms with Gasteiger partial charge in [-0.15, -0.1) is 11.3 Å². The molecule has 0 saturated carbocycles. The molecule has 2 aromatic rings. The van der Waals surface area contributed by atoms with Crippen LogP contribution in [0.25, 0.3) is 11.3 Å². The molecule has 1 aromatic heterocycles. The SMILES string of the molecule is C[C@H]1CN(C(=O)NCc2nc(-c3ccccc3)cs2)CCO1. The van der Waals surface area contributed by atoms with Gasteiger partial charge in [0.2, 0.25) is 0 Å². The average molecular weight is 317 g/mol. The van der Waals surface area contributed by atoms with Gasteiger partial charge in [-0.1, -0.05) is 30.3 Å². The first-order valence-corrected chi connectivity index (χ1v) is 8.24. The van der Waals surface area contributed by atoms with Crippen molar-refractivity contribution in [2.45, 2.75) is 19.6 Å². The highest BCUT2D eigenvalue weighted by atomic mass is 32.1. The van der Waals surface area contributed by atoms with E-state index in [2.05, 4.69) is 10.3 Å². The molecule has 1 aromatic carbocycles. The topological polar surface area (TPSA) is 54.5 Å². The lowest BCUT2D eigenvalue weighted by atomic mass is 10.2. The predicted molar refractivity (Wildman–Crippen MR) is 86.8 cm³/mol. The van der Waals surface area contributed by atoms with E-state index in [-0.39, 0.29) is 12.1 Å². The number of rotatable bonds is 3. The summed E-state index contributed by atoms with van der Waals surface area (Å²) in [7, 11) is 0. The van der Waals surface area contributed by atoms with Gasteiger partial charge in [0.1, 0.15) is 5.01 Å². The van der Waals surface area contributed by atoms with E-state index >= 15 is 0 Å². The van der Waals surface area contributed by atoms with Crippen molar-refractivity contribution >= 4 is 17.4 Å². The van der Waals surface area contributed by atoms with Crippen LogP contribution in [0.15, 0.2) is 35.7 Å². The van der Waals surface area contributed by atoms with Gasteiger partial charge in [-0.05, 0) is 6.92 Å². The Morgan fingerprint density at radius 2 is 2.27 bits per heavy atom. The predicted octanol–water partition coefficient (Wildman–Crippen LogP) is 2.74. The first-order valence-electron chi connectivity index (χ1n) is 7.36. The summed E-state index contributed by atoms with van der Waals surface area (Å²) in [6.07, 6.45) is 0.101. The molecule has 22 heavy (non-hydrogen) atoms. The van der Waals surface area contributed by atoms with Crippen LogP contribution in [0, 0.1) is 0 Å². The van der Waals surface area contributed by atoms with E-state index in [1.807, 2.05) is 42.6 Å². The van der Waals surface area contributed by atoms with E-state index in [1.165, 1.54) is 0 Å². The number of ether oxygens (including phenoxy) is 1. The minimum absolute atomic E-state index is 0.0494. The number of amides is 2. The highest BCUT2D eigenvalue weighted by Crippen LogP contribution is 2.21. The number of hydrogen-bond donors (Lipinski definition) is 1. The normalized spacial score (nSPS) is 18.2. The second-order valence-corrected chi connectivity index (χ2v) is 6.22. The van der Waals surface area contributed by atoms with Gasteiger partial charge < -0.3 is 15.0 Å². The molecule has 0 bridgehead atoms. The van der Waals surface area contributed by atoms with E-state index in [4.69, 9.17) is 4.74 Å². The summed E-state index contributed by atoms with van der Waals surface area (Å²) >= 11 is 1.56. The number of hydrogen-bond acceptors (Lipinski definition) is 4. The quantitative estimate of drug-likeness (QED) is 0.947. The molecule has 2 heterocycles. The smallest absolute Gasteiger partial charge is 0.317 e. The van der Waals surface area contributed by atoms with Crippen molar-refractivity contribution in [2.24, 2.45) is 0 Å². The Hall–Kier alpha value is -1.92. The molecule has 3 rings (SSSR count). The summed E-state index contributed by atoms with van der Waals surface area (Å²) in [4.78, 5) is 18.5. The van der Waals surface area contributed by atoms with Gasteiger partial charge in [0, 0.05) is 24.0 Å².